The molecule has 0 N–H and O–H groups in total. The van der Waals surface area contributed by atoms with Crippen molar-refractivity contribution in [2.24, 2.45) is 0 Å². The standard InChI is InChI=1S/2C6F5.C5H5.B.Zr/c2*7-2-1-3(8)5(10)6(11)4(2)9;1-2-4-5-3-1;;/h;;1-5H;;/q3*-1;;+3. The summed E-state index contributed by atoms with van der Waals surface area (Å²) >= 11 is 0. The van der Waals surface area contributed by atoms with Crippen molar-refractivity contribution in [2.75, 3.05) is 0 Å². The van der Waals surface area contributed by atoms with Gasteiger partial charge >= 0.3 is 26.2 Å². The first-order valence-electron chi connectivity index (χ1n) is 6.56. The molecular weight excluding hydrogens is 496 g/mol. The van der Waals surface area contributed by atoms with Crippen LogP contribution in [0.3, 0.4) is 0 Å². The second-order valence-electron chi connectivity index (χ2n) is 4.35. The van der Waals surface area contributed by atoms with Crippen molar-refractivity contribution in [1.82, 2.24) is 0 Å². The van der Waals surface area contributed by atoms with Gasteiger partial charge in [0.15, 0.2) is 0 Å². The normalized spacial score (nSPS) is 9.17. The Morgan fingerprint density at radius 2 is 0.724 bits per heavy atom. The summed E-state index contributed by atoms with van der Waals surface area (Å²) in [5, 5.41) is 0. The van der Waals surface area contributed by atoms with E-state index in [2.05, 4.69) is 0 Å². The number of hydrogen-bond acceptors (Lipinski definition) is 0. The summed E-state index contributed by atoms with van der Waals surface area (Å²) < 4.78 is 120. The molecule has 0 unspecified atom stereocenters. The van der Waals surface area contributed by atoms with E-state index in [1.54, 1.807) is 0 Å². The molecule has 3 rings (SSSR count). The van der Waals surface area contributed by atoms with E-state index in [1.807, 2.05) is 30.3 Å². The van der Waals surface area contributed by atoms with Crippen LogP contribution < -0.4 is 0 Å². The van der Waals surface area contributed by atoms with Crippen LogP contribution in [0, 0.1) is 70.3 Å². The third-order valence-electron chi connectivity index (χ3n) is 2.54. The van der Waals surface area contributed by atoms with Crippen LogP contribution >= 0.6 is 0 Å². The van der Waals surface area contributed by atoms with Gasteiger partial charge in [-0.15, -0.1) is 12.1 Å². The first-order chi connectivity index (χ1) is 12.6. The van der Waals surface area contributed by atoms with Crippen LogP contribution in [0.5, 0.6) is 0 Å². The Morgan fingerprint density at radius 1 is 0.483 bits per heavy atom. The quantitative estimate of drug-likeness (QED) is 0.128. The zero-order valence-electron chi connectivity index (χ0n) is 13.7. The van der Waals surface area contributed by atoms with Gasteiger partial charge in [0, 0.05) is 8.41 Å². The SMILES string of the molecule is Fc1[c-]c(F)c(F)c(F)c1F.Fc1[c-]c(F)c(F)c(F)c1F.[B].[Zr+3].c1cc[cH-]c1. The second kappa shape index (κ2) is 13.3. The maximum atomic E-state index is 12.0. The molecule has 0 heterocycles. The number of hydrogen-bond donors (Lipinski definition) is 0. The molecule has 12 heteroatoms. The Balaban J connectivity index is 0. The van der Waals surface area contributed by atoms with Gasteiger partial charge in [0.25, 0.3) is 0 Å². The predicted octanol–water partition coefficient (Wildman–Crippen LogP) is 5.39. The van der Waals surface area contributed by atoms with Gasteiger partial charge in [-0.3, -0.25) is 17.6 Å². The van der Waals surface area contributed by atoms with E-state index < -0.39 is 58.2 Å². The zero-order valence-corrected chi connectivity index (χ0v) is 16.2. The van der Waals surface area contributed by atoms with Crippen molar-refractivity contribution in [3.05, 3.63) is 101 Å². The van der Waals surface area contributed by atoms with Gasteiger partial charge in [0.2, 0.25) is 0 Å². The smallest absolute Gasteiger partial charge is 0.278 e. The van der Waals surface area contributed by atoms with Crippen molar-refractivity contribution < 1.29 is 70.1 Å². The van der Waals surface area contributed by atoms with Gasteiger partial charge in [-0.2, -0.15) is 18.2 Å². The number of benzene rings is 2. The first-order valence-corrected chi connectivity index (χ1v) is 6.56. The fourth-order valence-electron chi connectivity index (χ4n) is 1.31. The Labute approximate surface area is 179 Å². The summed E-state index contributed by atoms with van der Waals surface area (Å²) in [7, 11) is 0. The van der Waals surface area contributed by atoms with Gasteiger partial charge in [-0.05, 0) is 0 Å². The van der Waals surface area contributed by atoms with Gasteiger partial charge in [-0.25, -0.2) is 38.5 Å². The maximum Gasteiger partial charge on any atom is 3.00 e. The molecule has 3 aromatic rings. The molecule has 0 aliphatic rings. The van der Waals surface area contributed by atoms with E-state index in [1.165, 1.54) is 0 Å². The Hall–Kier alpha value is -1.96. The molecule has 3 aromatic carbocycles. The Kier molecular flexibility index (Phi) is 13.4. The number of halogens is 10. The molecule has 0 aliphatic heterocycles. The molecule has 29 heavy (non-hydrogen) atoms. The van der Waals surface area contributed by atoms with Crippen LogP contribution in [0.2, 0.25) is 0 Å². The van der Waals surface area contributed by atoms with E-state index in [9.17, 15) is 43.9 Å². The molecule has 0 spiro atoms. The fourth-order valence-corrected chi connectivity index (χ4v) is 1.31. The average Bonchev–Trinajstić information content (AvgIpc) is 3.22. The van der Waals surface area contributed by atoms with Crippen molar-refractivity contribution in [3.63, 3.8) is 0 Å². The van der Waals surface area contributed by atoms with Crippen molar-refractivity contribution in [2.45, 2.75) is 0 Å². The van der Waals surface area contributed by atoms with E-state index in [0.717, 1.165) is 12.1 Å². The monoisotopic (exact) mass is 500 g/mol. The average molecular weight is 501 g/mol. The second-order valence-corrected chi connectivity index (χ2v) is 4.35. The first kappa shape index (κ1) is 29.2. The van der Waals surface area contributed by atoms with Gasteiger partial charge < -0.3 is 0 Å². The summed E-state index contributed by atoms with van der Waals surface area (Å²) in [4.78, 5) is 0. The van der Waals surface area contributed by atoms with Gasteiger partial charge in [0.1, 0.15) is 0 Å². The zero-order chi connectivity index (χ0) is 20.7. The van der Waals surface area contributed by atoms with Crippen molar-refractivity contribution >= 4 is 8.41 Å². The van der Waals surface area contributed by atoms with Crippen LogP contribution in [0.25, 0.3) is 0 Å². The fraction of sp³-hybridized carbons (Fsp3) is 0. The predicted molar refractivity (Wildman–Crippen MR) is 77.9 cm³/mol. The van der Waals surface area contributed by atoms with Crippen LogP contribution in [0.4, 0.5) is 43.9 Å². The topological polar surface area (TPSA) is 0 Å². The molecule has 0 fully saturated rings. The molecule has 0 nitrogen and oxygen atoms in total. The summed E-state index contributed by atoms with van der Waals surface area (Å²) in [6.45, 7) is 0. The minimum absolute atomic E-state index is 0. The molecule has 0 atom stereocenters. The van der Waals surface area contributed by atoms with Gasteiger partial charge in [0.05, 0.1) is 58.2 Å². The maximum absolute atomic E-state index is 12.0. The third-order valence-corrected chi connectivity index (χ3v) is 2.54. The molecule has 0 aliphatic carbocycles. The van der Waals surface area contributed by atoms with Crippen LogP contribution in [0.15, 0.2) is 30.3 Å². The molecular formula is C17H5BF10Zr. The molecule has 0 saturated heterocycles. The van der Waals surface area contributed by atoms with Crippen LogP contribution in [0.1, 0.15) is 0 Å². The largest absolute Gasteiger partial charge is 3.00 e. The van der Waals surface area contributed by atoms with E-state index >= 15 is 0 Å². The summed E-state index contributed by atoms with van der Waals surface area (Å²) in [6, 6.07) is 12.0. The van der Waals surface area contributed by atoms with Crippen LogP contribution in [-0.4, -0.2) is 8.41 Å². The third kappa shape index (κ3) is 8.12. The van der Waals surface area contributed by atoms with E-state index in [0.29, 0.717) is 0 Å². The molecule has 0 aromatic heterocycles. The minimum atomic E-state index is -2.17. The summed E-state index contributed by atoms with van der Waals surface area (Å²) in [6.07, 6.45) is 0. The summed E-state index contributed by atoms with van der Waals surface area (Å²) in [5.74, 6) is -20.1. The summed E-state index contributed by atoms with van der Waals surface area (Å²) in [5.41, 5.74) is 0. The molecule has 0 saturated carbocycles. The van der Waals surface area contributed by atoms with E-state index in [-0.39, 0.29) is 34.6 Å². The van der Waals surface area contributed by atoms with Crippen LogP contribution in [-0.2, 0) is 26.2 Å². The molecule has 4 radical (unpaired) electrons. The van der Waals surface area contributed by atoms with Gasteiger partial charge in [-0.1, -0.05) is 0 Å². The number of rotatable bonds is 0. The Morgan fingerprint density at radius 3 is 0.897 bits per heavy atom. The van der Waals surface area contributed by atoms with Crippen molar-refractivity contribution in [1.29, 1.82) is 0 Å². The van der Waals surface area contributed by atoms with E-state index in [4.69, 9.17) is 0 Å². The molecule has 0 bridgehead atoms. The van der Waals surface area contributed by atoms with Crippen molar-refractivity contribution in [3.8, 4) is 0 Å². The minimum Gasteiger partial charge on any atom is -0.278 e. The molecule has 150 valence electrons. The Bertz CT molecular complexity index is 769. The molecule has 0 amide bonds.